The molecule has 0 radical (unpaired) electrons. The second-order valence-corrected chi connectivity index (χ2v) is 7.80. The van der Waals surface area contributed by atoms with E-state index in [4.69, 9.17) is 0 Å². The van der Waals surface area contributed by atoms with E-state index in [0.29, 0.717) is 29.5 Å². The molecule has 0 aliphatic carbocycles. The zero-order chi connectivity index (χ0) is 21.1. The number of nitrogens with one attached hydrogen (secondary N) is 1. The Morgan fingerprint density at radius 2 is 1.93 bits per heavy atom. The molecular formula is C21H19F3N4OS. The Bertz CT molecular complexity index is 1020. The fraction of sp³-hybridized carbons (Fsp3) is 0.286. The van der Waals surface area contributed by atoms with E-state index in [9.17, 15) is 18.0 Å². The standard InChI is InChI=1S/C21H19F3N4OS/c22-21(23,24)16-9-4-8-15(12-16)17(13-28-11-5-10-18(28)29)25-20-26-19(27-30-20)14-6-2-1-3-7-14/h1-4,6-9,12,17H,5,10-11,13H2,(H,25,26,27). The summed E-state index contributed by atoms with van der Waals surface area (Å²) in [7, 11) is 0. The third kappa shape index (κ3) is 4.62. The average molecular weight is 432 g/mol. The Balaban J connectivity index is 1.61. The summed E-state index contributed by atoms with van der Waals surface area (Å²) in [5, 5.41) is 3.68. The van der Waals surface area contributed by atoms with Crippen molar-refractivity contribution in [2.45, 2.75) is 25.1 Å². The second kappa shape index (κ2) is 8.43. The molecule has 1 fully saturated rings. The second-order valence-electron chi connectivity index (χ2n) is 7.05. The lowest BCUT2D eigenvalue weighted by Crippen LogP contribution is -2.32. The van der Waals surface area contributed by atoms with Gasteiger partial charge in [0.25, 0.3) is 0 Å². The van der Waals surface area contributed by atoms with Crippen molar-refractivity contribution in [2.24, 2.45) is 0 Å². The van der Waals surface area contributed by atoms with Crippen LogP contribution >= 0.6 is 11.5 Å². The molecule has 30 heavy (non-hydrogen) atoms. The molecule has 2 aromatic carbocycles. The van der Waals surface area contributed by atoms with Gasteiger partial charge in [-0.3, -0.25) is 4.79 Å². The van der Waals surface area contributed by atoms with Crippen molar-refractivity contribution in [3.63, 3.8) is 0 Å². The van der Waals surface area contributed by atoms with Crippen molar-refractivity contribution in [2.75, 3.05) is 18.4 Å². The van der Waals surface area contributed by atoms with Gasteiger partial charge in [0.2, 0.25) is 11.0 Å². The number of hydrogen-bond acceptors (Lipinski definition) is 5. The Hall–Kier alpha value is -2.94. The zero-order valence-corrected chi connectivity index (χ0v) is 16.7. The molecule has 3 aromatic rings. The normalized spacial score (nSPS) is 15.4. The number of rotatable bonds is 6. The van der Waals surface area contributed by atoms with Gasteiger partial charge in [-0.05, 0) is 24.1 Å². The first-order valence-electron chi connectivity index (χ1n) is 9.51. The first-order valence-corrected chi connectivity index (χ1v) is 10.3. The van der Waals surface area contributed by atoms with Crippen molar-refractivity contribution in [1.29, 1.82) is 0 Å². The number of nitrogens with zero attached hydrogens (tertiary/aromatic N) is 3. The van der Waals surface area contributed by atoms with Crippen LogP contribution in [0.3, 0.4) is 0 Å². The molecule has 1 amide bonds. The van der Waals surface area contributed by atoms with Crippen molar-refractivity contribution in [1.82, 2.24) is 14.3 Å². The van der Waals surface area contributed by atoms with E-state index in [1.54, 1.807) is 11.0 Å². The summed E-state index contributed by atoms with van der Waals surface area (Å²) in [6.45, 7) is 0.863. The minimum absolute atomic E-state index is 0.0102. The molecule has 156 valence electrons. The number of benzene rings is 2. The highest BCUT2D eigenvalue weighted by atomic mass is 32.1. The summed E-state index contributed by atoms with van der Waals surface area (Å²) in [6, 6.07) is 14.1. The third-order valence-corrected chi connectivity index (χ3v) is 5.59. The smallest absolute Gasteiger partial charge is 0.352 e. The molecule has 0 saturated carbocycles. The van der Waals surface area contributed by atoms with Crippen LogP contribution in [-0.4, -0.2) is 33.3 Å². The number of amides is 1. The largest absolute Gasteiger partial charge is 0.416 e. The van der Waals surface area contributed by atoms with Crippen molar-refractivity contribution < 1.29 is 18.0 Å². The van der Waals surface area contributed by atoms with E-state index in [-0.39, 0.29) is 12.5 Å². The molecule has 5 nitrogen and oxygen atoms in total. The number of carbonyl (C=O) groups is 1. The molecule has 1 aliphatic heterocycles. The zero-order valence-electron chi connectivity index (χ0n) is 15.9. The van der Waals surface area contributed by atoms with Gasteiger partial charge in [-0.15, -0.1) is 0 Å². The van der Waals surface area contributed by atoms with Crippen LogP contribution in [0.1, 0.15) is 30.0 Å². The number of anilines is 1. The van der Waals surface area contributed by atoms with Crippen molar-refractivity contribution in [3.8, 4) is 11.4 Å². The van der Waals surface area contributed by atoms with Gasteiger partial charge < -0.3 is 10.2 Å². The molecule has 1 saturated heterocycles. The number of aromatic nitrogens is 2. The molecule has 1 unspecified atom stereocenters. The fourth-order valence-corrected chi connectivity index (χ4v) is 4.06. The van der Waals surface area contributed by atoms with Crippen LogP contribution in [0.2, 0.25) is 0 Å². The summed E-state index contributed by atoms with van der Waals surface area (Å²) in [5.74, 6) is 0.555. The van der Waals surface area contributed by atoms with Gasteiger partial charge >= 0.3 is 6.18 Å². The predicted octanol–water partition coefficient (Wildman–Crippen LogP) is 5.00. The van der Waals surface area contributed by atoms with Gasteiger partial charge in [0.1, 0.15) is 0 Å². The molecule has 1 atom stereocenters. The van der Waals surface area contributed by atoms with Gasteiger partial charge in [0, 0.05) is 36.6 Å². The average Bonchev–Trinajstić information content (AvgIpc) is 3.37. The first-order chi connectivity index (χ1) is 14.4. The SMILES string of the molecule is O=C1CCCN1CC(Nc1nc(-c2ccccc2)ns1)c1cccc(C(F)(F)F)c1. The maximum atomic E-state index is 13.2. The quantitative estimate of drug-likeness (QED) is 0.596. The lowest BCUT2D eigenvalue weighted by atomic mass is 10.0. The Morgan fingerprint density at radius 1 is 1.13 bits per heavy atom. The Labute approximate surface area is 175 Å². The first kappa shape index (κ1) is 20.3. The maximum absolute atomic E-state index is 13.2. The van der Waals surface area contributed by atoms with Gasteiger partial charge in [-0.25, -0.2) is 0 Å². The number of alkyl halides is 3. The summed E-state index contributed by atoms with van der Waals surface area (Å²) < 4.78 is 44.0. The predicted molar refractivity (Wildman–Crippen MR) is 109 cm³/mol. The molecule has 9 heteroatoms. The lowest BCUT2D eigenvalue weighted by molar-refractivity contribution is -0.137. The van der Waals surface area contributed by atoms with E-state index >= 15 is 0 Å². The summed E-state index contributed by atoms with van der Waals surface area (Å²) in [5.41, 5.74) is 0.579. The minimum atomic E-state index is -4.44. The summed E-state index contributed by atoms with van der Waals surface area (Å²) in [6.07, 6.45) is -3.22. The molecule has 1 N–H and O–H groups in total. The van der Waals surface area contributed by atoms with Crippen LogP contribution < -0.4 is 5.32 Å². The number of carbonyl (C=O) groups excluding carboxylic acids is 1. The van der Waals surface area contributed by atoms with Crippen LogP contribution in [0.5, 0.6) is 0 Å². The highest BCUT2D eigenvalue weighted by Gasteiger charge is 2.32. The lowest BCUT2D eigenvalue weighted by Gasteiger charge is -2.25. The van der Waals surface area contributed by atoms with Crippen molar-refractivity contribution >= 4 is 22.6 Å². The summed E-state index contributed by atoms with van der Waals surface area (Å²) >= 11 is 1.14. The van der Waals surface area contributed by atoms with Gasteiger partial charge in [0.05, 0.1) is 11.6 Å². The molecule has 0 spiro atoms. The fourth-order valence-electron chi connectivity index (χ4n) is 3.42. The molecule has 2 heterocycles. The van der Waals surface area contributed by atoms with Crippen LogP contribution in [0.15, 0.2) is 54.6 Å². The molecule has 1 aromatic heterocycles. The van der Waals surface area contributed by atoms with Gasteiger partial charge in [-0.2, -0.15) is 22.5 Å². The van der Waals surface area contributed by atoms with E-state index in [1.165, 1.54) is 6.07 Å². The Kier molecular flexibility index (Phi) is 5.72. The van der Waals surface area contributed by atoms with Gasteiger partial charge in [0.15, 0.2) is 5.82 Å². The Morgan fingerprint density at radius 3 is 2.63 bits per heavy atom. The van der Waals surface area contributed by atoms with Crippen LogP contribution in [-0.2, 0) is 11.0 Å². The highest BCUT2D eigenvalue weighted by Crippen LogP contribution is 2.32. The van der Waals surface area contributed by atoms with E-state index in [2.05, 4.69) is 14.7 Å². The minimum Gasteiger partial charge on any atom is -0.352 e. The van der Waals surface area contributed by atoms with Crippen LogP contribution in [0, 0.1) is 0 Å². The van der Waals surface area contributed by atoms with Crippen LogP contribution in [0.4, 0.5) is 18.3 Å². The van der Waals surface area contributed by atoms with E-state index < -0.39 is 17.8 Å². The third-order valence-electron chi connectivity index (χ3n) is 4.95. The van der Waals surface area contributed by atoms with Crippen molar-refractivity contribution in [3.05, 3.63) is 65.7 Å². The maximum Gasteiger partial charge on any atom is 0.416 e. The van der Waals surface area contributed by atoms with Gasteiger partial charge in [-0.1, -0.05) is 42.5 Å². The number of likely N-dealkylation sites (tertiary alicyclic amines) is 1. The van der Waals surface area contributed by atoms with E-state index in [0.717, 1.165) is 35.6 Å². The summed E-state index contributed by atoms with van der Waals surface area (Å²) in [4.78, 5) is 18.3. The number of hydrogen-bond donors (Lipinski definition) is 1. The number of halogens is 3. The van der Waals surface area contributed by atoms with Crippen LogP contribution in [0.25, 0.3) is 11.4 Å². The molecule has 1 aliphatic rings. The monoisotopic (exact) mass is 432 g/mol. The highest BCUT2D eigenvalue weighted by molar-refractivity contribution is 7.09. The molecule has 4 rings (SSSR count). The van der Waals surface area contributed by atoms with E-state index in [1.807, 2.05) is 30.3 Å². The molecular weight excluding hydrogens is 413 g/mol. The molecule has 0 bridgehead atoms. The topological polar surface area (TPSA) is 58.1 Å².